The van der Waals surface area contributed by atoms with Gasteiger partial charge in [-0.05, 0) is 31.9 Å². The van der Waals surface area contributed by atoms with Crippen molar-refractivity contribution in [2.24, 2.45) is 0 Å². The van der Waals surface area contributed by atoms with Crippen LogP contribution in [0, 0.1) is 0 Å². The number of hydrogen-bond donors (Lipinski definition) is 1. The molecule has 0 spiro atoms. The normalized spacial score (nSPS) is 17.4. The molecule has 1 saturated heterocycles. The van der Waals surface area contributed by atoms with Crippen molar-refractivity contribution in [2.45, 2.75) is 32.2 Å². The van der Waals surface area contributed by atoms with Crippen LogP contribution in [0.2, 0.25) is 0 Å². The van der Waals surface area contributed by atoms with Crippen LogP contribution in [-0.2, 0) is 0 Å². The maximum atomic E-state index is 4.24. The van der Waals surface area contributed by atoms with E-state index in [1.165, 1.54) is 44.6 Å². The summed E-state index contributed by atoms with van der Waals surface area (Å²) in [5.74, 6) is 0. The van der Waals surface area contributed by atoms with Crippen LogP contribution in [0.1, 0.15) is 26.2 Å². The number of likely N-dealkylation sites (tertiary alicyclic amines) is 1. The van der Waals surface area contributed by atoms with E-state index in [1.807, 2.05) is 12.4 Å². The minimum atomic E-state index is 0.580. The Balaban J connectivity index is 1.92. The van der Waals surface area contributed by atoms with Crippen molar-refractivity contribution in [3.8, 4) is 0 Å². The highest BCUT2D eigenvalue weighted by atomic mass is 15.1. The minimum Gasteiger partial charge on any atom is -0.379 e. The van der Waals surface area contributed by atoms with Crippen molar-refractivity contribution >= 4 is 11.4 Å². The van der Waals surface area contributed by atoms with Crippen LogP contribution in [0.4, 0.5) is 11.4 Å². The van der Waals surface area contributed by atoms with Gasteiger partial charge < -0.3 is 15.1 Å². The molecule has 4 heteroatoms. The van der Waals surface area contributed by atoms with Gasteiger partial charge in [0, 0.05) is 39.4 Å². The number of rotatable bonds is 5. The van der Waals surface area contributed by atoms with Gasteiger partial charge >= 0.3 is 0 Å². The van der Waals surface area contributed by atoms with Crippen LogP contribution in [0.3, 0.4) is 0 Å². The molecule has 1 aromatic heterocycles. The summed E-state index contributed by atoms with van der Waals surface area (Å²) in [5.41, 5.74) is 2.37. The van der Waals surface area contributed by atoms with E-state index < -0.39 is 0 Å². The lowest BCUT2D eigenvalue weighted by molar-refractivity contribution is 0.219. The maximum Gasteiger partial charge on any atom is 0.0766 e. The molecule has 0 radical (unpaired) electrons. The number of hydrogen-bond acceptors (Lipinski definition) is 4. The maximum absolute atomic E-state index is 4.24. The highest BCUT2D eigenvalue weighted by Crippen LogP contribution is 2.25. The standard InChI is InChI=1S/C15H26N4/c1-4-9-19-10-6-13(7-11-19)17-14-12-16-8-5-15(14)18(2)3/h5,8,12-13,17H,4,6-7,9-11H2,1-3H3. The molecule has 0 saturated carbocycles. The zero-order chi connectivity index (χ0) is 13.7. The Morgan fingerprint density at radius 2 is 2.11 bits per heavy atom. The number of nitrogens with zero attached hydrogens (tertiary/aromatic N) is 3. The fourth-order valence-corrected chi connectivity index (χ4v) is 2.73. The molecule has 2 rings (SSSR count). The minimum absolute atomic E-state index is 0.580. The SMILES string of the molecule is CCCN1CCC(Nc2cnccc2N(C)C)CC1. The molecule has 0 bridgehead atoms. The largest absolute Gasteiger partial charge is 0.379 e. The van der Waals surface area contributed by atoms with Gasteiger partial charge in [-0.15, -0.1) is 0 Å². The monoisotopic (exact) mass is 262 g/mol. The smallest absolute Gasteiger partial charge is 0.0766 e. The summed E-state index contributed by atoms with van der Waals surface area (Å²) in [6, 6.07) is 2.64. The summed E-state index contributed by atoms with van der Waals surface area (Å²) in [6.07, 6.45) is 7.49. The van der Waals surface area contributed by atoms with Gasteiger partial charge in [-0.1, -0.05) is 6.92 Å². The summed E-state index contributed by atoms with van der Waals surface area (Å²) in [7, 11) is 4.15. The Hall–Kier alpha value is -1.29. The van der Waals surface area contributed by atoms with Crippen LogP contribution in [0.25, 0.3) is 0 Å². The van der Waals surface area contributed by atoms with Crippen LogP contribution >= 0.6 is 0 Å². The third kappa shape index (κ3) is 3.83. The second-order valence-electron chi connectivity index (χ2n) is 5.55. The van der Waals surface area contributed by atoms with Gasteiger partial charge in [0.25, 0.3) is 0 Å². The van der Waals surface area contributed by atoms with E-state index in [0.717, 1.165) is 5.69 Å². The van der Waals surface area contributed by atoms with E-state index in [4.69, 9.17) is 0 Å². The zero-order valence-electron chi connectivity index (χ0n) is 12.4. The number of pyridine rings is 1. The van der Waals surface area contributed by atoms with Crippen molar-refractivity contribution in [3.63, 3.8) is 0 Å². The molecule has 4 nitrogen and oxygen atoms in total. The van der Waals surface area contributed by atoms with Gasteiger partial charge in [0.1, 0.15) is 0 Å². The van der Waals surface area contributed by atoms with Gasteiger partial charge in [0.05, 0.1) is 17.6 Å². The van der Waals surface area contributed by atoms with Gasteiger partial charge in [-0.3, -0.25) is 4.98 Å². The Labute approximate surface area is 116 Å². The highest BCUT2D eigenvalue weighted by molar-refractivity contribution is 5.68. The van der Waals surface area contributed by atoms with Crippen molar-refractivity contribution in [1.29, 1.82) is 0 Å². The van der Waals surface area contributed by atoms with Gasteiger partial charge in [-0.25, -0.2) is 0 Å². The Morgan fingerprint density at radius 3 is 2.74 bits per heavy atom. The molecule has 0 amide bonds. The van der Waals surface area contributed by atoms with Crippen LogP contribution in [0.15, 0.2) is 18.5 Å². The summed E-state index contributed by atoms with van der Waals surface area (Å²) >= 11 is 0. The molecule has 1 aliphatic heterocycles. The van der Waals surface area contributed by atoms with Crippen LogP contribution in [-0.4, -0.2) is 49.7 Å². The molecular weight excluding hydrogens is 236 g/mol. The number of nitrogens with one attached hydrogen (secondary N) is 1. The van der Waals surface area contributed by atoms with Crippen LogP contribution in [0.5, 0.6) is 0 Å². The second kappa shape index (κ2) is 6.75. The molecule has 0 aliphatic carbocycles. The average Bonchev–Trinajstić information content (AvgIpc) is 2.42. The summed E-state index contributed by atoms with van der Waals surface area (Å²) < 4.78 is 0. The Bertz CT molecular complexity index is 383. The molecule has 0 unspecified atom stereocenters. The third-order valence-corrected chi connectivity index (χ3v) is 3.77. The number of aromatic nitrogens is 1. The molecule has 1 N–H and O–H groups in total. The molecular formula is C15H26N4. The first-order valence-electron chi connectivity index (χ1n) is 7.31. The summed E-state index contributed by atoms with van der Waals surface area (Å²) in [5, 5.41) is 3.66. The fourth-order valence-electron chi connectivity index (χ4n) is 2.73. The Kier molecular flexibility index (Phi) is 5.02. The van der Waals surface area contributed by atoms with Gasteiger partial charge in [0.2, 0.25) is 0 Å². The third-order valence-electron chi connectivity index (χ3n) is 3.77. The molecule has 2 heterocycles. The molecule has 1 fully saturated rings. The van der Waals surface area contributed by atoms with Gasteiger partial charge in [-0.2, -0.15) is 0 Å². The summed E-state index contributed by atoms with van der Waals surface area (Å²) in [6.45, 7) is 5.91. The highest BCUT2D eigenvalue weighted by Gasteiger charge is 2.19. The Morgan fingerprint density at radius 1 is 1.37 bits per heavy atom. The van der Waals surface area contributed by atoms with E-state index in [2.05, 4.69) is 47.2 Å². The average molecular weight is 262 g/mol. The first-order valence-corrected chi connectivity index (χ1v) is 7.31. The number of anilines is 2. The lowest BCUT2D eigenvalue weighted by atomic mass is 10.0. The second-order valence-corrected chi connectivity index (χ2v) is 5.55. The predicted octanol–water partition coefficient (Wildman–Crippen LogP) is 2.43. The van der Waals surface area contributed by atoms with Crippen molar-refractivity contribution in [3.05, 3.63) is 18.5 Å². The van der Waals surface area contributed by atoms with E-state index in [0.29, 0.717) is 6.04 Å². The molecule has 1 aliphatic rings. The fraction of sp³-hybridized carbons (Fsp3) is 0.667. The van der Waals surface area contributed by atoms with E-state index >= 15 is 0 Å². The summed E-state index contributed by atoms with van der Waals surface area (Å²) in [4.78, 5) is 8.94. The van der Waals surface area contributed by atoms with Crippen LogP contribution < -0.4 is 10.2 Å². The van der Waals surface area contributed by atoms with E-state index in [-0.39, 0.29) is 0 Å². The van der Waals surface area contributed by atoms with Crippen molar-refractivity contribution in [1.82, 2.24) is 9.88 Å². The quantitative estimate of drug-likeness (QED) is 0.883. The molecule has 0 atom stereocenters. The molecule has 19 heavy (non-hydrogen) atoms. The molecule has 1 aromatic rings. The first kappa shape index (κ1) is 14.1. The lowest BCUT2D eigenvalue weighted by Gasteiger charge is -2.33. The van der Waals surface area contributed by atoms with E-state index in [1.54, 1.807) is 0 Å². The number of piperidine rings is 1. The van der Waals surface area contributed by atoms with Gasteiger partial charge in [0.15, 0.2) is 0 Å². The predicted molar refractivity (Wildman–Crippen MR) is 81.9 cm³/mol. The first-order chi connectivity index (χ1) is 9.20. The van der Waals surface area contributed by atoms with Crippen molar-refractivity contribution in [2.75, 3.05) is 43.9 Å². The molecule has 106 valence electrons. The van der Waals surface area contributed by atoms with E-state index in [9.17, 15) is 0 Å². The van der Waals surface area contributed by atoms with Crippen molar-refractivity contribution < 1.29 is 0 Å². The lowest BCUT2D eigenvalue weighted by Crippen LogP contribution is -2.39. The zero-order valence-corrected chi connectivity index (χ0v) is 12.4. The molecule has 0 aromatic carbocycles. The topological polar surface area (TPSA) is 31.4 Å².